The molecular weight excluding hydrogens is 296 g/mol. The molecule has 0 saturated carbocycles. The maximum atomic E-state index is 11.4. The fraction of sp³-hybridized carbons (Fsp3) is 0.611. The van der Waals surface area contributed by atoms with Crippen molar-refractivity contribution < 1.29 is 14.3 Å². The highest BCUT2D eigenvalue weighted by molar-refractivity contribution is 8.03. The van der Waals surface area contributed by atoms with Crippen LogP contribution < -0.4 is 0 Å². The highest BCUT2D eigenvalue weighted by atomic mass is 32.2. The first kappa shape index (κ1) is 23.1. The van der Waals surface area contributed by atoms with Gasteiger partial charge in [0.2, 0.25) is 0 Å². The number of unbranched alkanes of at least 4 members (excludes halogenated alkanes) is 1. The van der Waals surface area contributed by atoms with Crippen LogP contribution in [0.4, 0.5) is 0 Å². The largest absolute Gasteiger partial charge is 0.501 e. The Morgan fingerprint density at radius 1 is 1.23 bits per heavy atom. The zero-order valence-electron chi connectivity index (χ0n) is 15.0. The SMILES string of the molecule is CC.C\C=C(C)/C(=C\C=C\OCCCC)SCC(=O)OCC. The molecule has 0 aromatic heterocycles. The third kappa shape index (κ3) is 13.8. The third-order valence-electron chi connectivity index (χ3n) is 2.51. The van der Waals surface area contributed by atoms with Gasteiger partial charge in [0.25, 0.3) is 0 Å². The molecule has 0 aliphatic heterocycles. The Balaban J connectivity index is 0. The second-order valence-corrected chi connectivity index (χ2v) is 5.17. The summed E-state index contributed by atoms with van der Waals surface area (Å²) in [6.45, 7) is 13.1. The summed E-state index contributed by atoms with van der Waals surface area (Å²) in [5.74, 6) is 0.144. The van der Waals surface area contributed by atoms with E-state index in [0.29, 0.717) is 12.4 Å². The first-order valence-electron chi connectivity index (χ1n) is 8.05. The van der Waals surface area contributed by atoms with Crippen LogP contribution in [0.3, 0.4) is 0 Å². The van der Waals surface area contributed by atoms with Gasteiger partial charge in [-0.15, -0.1) is 11.8 Å². The maximum absolute atomic E-state index is 11.4. The molecule has 0 spiro atoms. The number of carbonyl (C=O) groups excluding carboxylic acids is 1. The number of esters is 1. The standard InChI is InChI=1S/C16H26O3S.C2H6/c1-5-8-11-18-12-9-10-15(14(4)6-2)20-13-16(17)19-7-3;1-2/h6,9-10,12H,5,7-8,11,13H2,1-4H3;1-2H3/b12-9+,14-6-,15-10+;. The summed E-state index contributed by atoms with van der Waals surface area (Å²) in [5.41, 5.74) is 1.14. The Bertz CT molecular complexity index is 357. The molecule has 3 nitrogen and oxygen atoms in total. The van der Waals surface area contributed by atoms with E-state index in [1.165, 1.54) is 11.8 Å². The molecule has 0 aliphatic carbocycles. The molecular formula is C18H32O3S. The maximum Gasteiger partial charge on any atom is 0.316 e. The molecule has 0 heterocycles. The van der Waals surface area contributed by atoms with Crippen molar-refractivity contribution in [2.75, 3.05) is 19.0 Å². The smallest absolute Gasteiger partial charge is 0.316 e. The molecule has 0 fully saturated rings. The van der Waals surface area contributed by atoms with E-state index >= 15 is 0 Å². The first-order chi connectivity index (χ1) is 10.7. The number of hydrogen-bond donors (Lipinski definition) is 0. The molecule has 0 N–H and O–H groups in total. The van der Waals surface area contributed by atoms with Crippen LogP contribution in [0.25, 0.3) is 0 Å². The van der Waals surface area contributed by atoms with Crippen LogP contribution in [0.5, 0.6) is 0 Å². The third-order valence-corrected chi connectivity index (χ3v) is 3.66. The Hall–Kier alpha value is -1.16. The molecule has 0 rings (SSSR count). The summed E-state index contributed by atoms with van der Waals surface area (Å²) in [4.78, 5) is 12.4. The van der Waals surface area contributed by atoms with Crippen LogP contribution in [0, 0.1) is 0 Å². The minimum atomic E-state index is -0.185. The number of carbonyl (C=O) groups is 1. The van der Waals surface area contributed by atoms with Crippen molar-refractivity contribution in [3.05, 3.63) is 35.0 Å². The summed E-state index contributed by atoms with van der Waals surface area (Å²) >= 11 is 1.48. The highest BCUT2D eigenvalue weighted by Gasteiger charge is 2.05. The Morgan fingerprint density at radius 3 is 2.45 bits per heavy atom. The van der Waals surface area contributed by atoms with Crippen molar-refractivity contribution in [3.8, 4) is 0 Å². The average Bonchev–Trinajstić information content (AvgIpc) is 2.55. The van der Waals surface area contributed by atoms with Crippen molar-refractivity contribution in [1.29, 1.82) is 0 Å². The average molecular weight is 329 g/mol. The topological polar surface area (TPSA) is 35.5 Å². The van der Waals surface area contributed by atoms with Gasteiger partial charge in [-0.1, -0.05) is 33.3 Å². The minimum absolute atomic E-state index is 0.185. The van der Waals surface area contributed by atoms with Crippen molar-refractivity contribution >= 4 is 17.7 Å². The molecule has 0 aromatic rings. The summed E-state index contributed by atoms with van der Waals surface area (Å²) in [6, 6.07) is 0. The number of thioether (sulfide) groups is 1. The van der Waals surface area contributed by atoms with Crippen molar-refractivity contribution in [3.63, 3.8) is 0 Å². The van der Waals surface area contributed by atoms with E-state index in [4.69, 9.17) is 9.47 Å². The Morgan fingerprint density at radius 2 is 1.91 bits per heavy atom. The van der Waals surface area contributed by atoms with Gasteiger partial charge >= 0.3 is 5.97 Å². The molecule has 0 radical (unpaired) electrons. The second-order valence-electron chi connectivity index (χ2n) is 4.15. The van der Waals surface area contributed by atoms with Crippen molar-refractivity contribution in [1.82, 2.24) is 0 Å². The summed E-state index contributed by atoms with van der Waals surface area (Å²) < 4.78 is 10.3. The van der Waals surface area contributed by atoms with Gasteiger partial charge in [-0.2, -0.15) is 0 Å². The van der Waals surface area contributed by atoms with E-state index in [0.717, 1.165) is 29.9 Å². The van der Waals surface area contributed by atoms with Crippen LogP contribution >= 0.6 is 11.8 Å². The zero-order chi connectivity index (χ0) is 17.2. The Labute approximate surface area is 140 Å². The van der Waals surface area contributed by atoms with E-state index in [-0.39, 0.29) is 5.97 Å². The van der Waals surface area contributed by atoms with E-state index in [2.05, 4.69) is 6.92 Å². The first-order valence-corrected chi connectivity index (χ1v) is 9.04. The highest BCUT2D eigenvalue weighted by Crippen LogP contribution is 2.24. The van der Waals surface area contributed by atoms with Crippen molar-refractivity contribution in [2.24, 2.45) is 0 Å². The predicted octanol–water partition coefficient (Wildman–Crippen LogP) is 5.49. The molecule has 128 valence electrons. The van der Waals surface area contributed by atoms with Gasteiger partial charge in [0.05, 0.1) is 25.2 Å². The normalized spacial score (nSPS) is 11.9. The minimum Gasteiger partial charge on any atom is -0.501 e. The number of ether oxygens (including phenoxy) is 2. The van der Waals surface area contributed by atoms with Crippen LogP contribution in [0.1, 0.15) is 54.4 Å². The predicted molar refractivity (Wildman–Crippen MR) is 98.0 cm³/mol. The van der Waals surface area contributed by atoms with E-state index in [1.807, 2.05) is 52.8 Å². The Kier molecular flexibility index (Phi) is 18.8. The van der Waals surface area contributed by atoms with Gasteiger partial charge in [0.15, 0.2) is 0 Å². The molecule has 0 amide bonds. The second kappa shape index (κ2) is 17.9. The molecule has 0 atom stereocenters. The summed E-state index contributed by atoms with van der Waals surface area (Å²) in [7, 11) is 0. The lowest BCUT2D eigenvalue weighted by molar-refractivity contribution is -0.139. The van der Waals surface area contributed by atoms with Gasteiger partial charge < -0.3 is 9.47 Å². The van der Waals surface area contributed by atoms with Crippen LogP contribution in [-0.4, -0.2) is 24.9 Å². The summed E-state index contributed by atoms with van der Waals surface area (Å²) in [6.07, 6.45) is 9.75. The molecule has 4 heteroatoms. The molecule has 0 bridgehead atoms. The fourth-order valence-corrected chi connectivity index (χ4v) is 2.13. The van der Waals surface area contributed by atoms with E-state index in [1.54, 1.807) is 6.26 Å². The van der Waals surface area contributed by atoms with Crippen LogP contribution in [0.2, 0.25) is 0 Å². The lowest BCUT2D eigenvalue weighted by atomic mass is 10.2. The summed E-state index contributed by atoms with van der Waals surface area (Å²) in [5, 5.41) is 0. The zero-order valence-corrected chi connectivity index (χ0v) is 15.8. The van der Waals surface area contributed by atoms with Crippen LogP contribution in [0.15, 0.2) is 35.0 Å². The molecule has 0 aromatic carbocycles. The quantitative estimate of drug-likeness (QED) is 0.230. The van der Waals surface area contributed by atoms with E-state index in [9.17, 15) is 4.79 Å². The molecule has 22 heavy (non-hydrogen) atoms. The van der Waals surface area contributed by atoms with Gasteiger partial charge in [0.1, 0.15) is 0 Å². The lowest BCUT2D eigenvalue weighted by Crippen LogP contribution is -2.06. The molecule has 0 saturated heterocycles. The van der Waals surface area contributed by atoms with Gasteiger partial charge in [0, 0.05) is 4.91 Å². The van der Waals surface area contributed by atoms with Crippen molar-refractivity contribution in [2.45, 2.75) is 54.4 Å². The lowest BCUT2D eigenvalue weighted by Gasteiger charge is -2.06. The number of hydrogen-bond acceptors (Lipinski definition) is 4. The van der Waals surface area contributed by atoms with Gasteiger partial charge in [-0.3, -0.25) is 4.79 Å². The van der Waals surface area contributed by atoms with Crippen LogP contribution in [-0.2, 0) is 14.3 Å². The molecule has 0 unspecified atom stereocenters. The number of rotatable bonds is 10. The monoisotopic (exact) mass is 328 g/mol. The number of allylic oxidation sites excluding steroid dienone is 4. The fourth-order valence-electron chi connectivity index (χ4n) is 1.25. The van der Waals surface area contributed by atoms with Gasteiger partial charge in [-0.25, -0.2) is 0 Å². The van der Waals surface area contributed by atoms with Gasteiger partial charge in [-0.05, 0) is 44.9 Å². The van der Waals surface area contributed by atoms with E-state index < -0.39 is 0 Å². The molecule has 0 aliphatic rings.